The van der Waals surface area contributed by atoms with Crippen LogP contribution in [0, 0.1) is 0 Å². The normalized spacial score (nSPS) is 13.5. The third-order valence-corrected chi connectivity index (χ3v) is 5.69. The fraction of sp³-hybridized carbons (Fsp3) is 0.417. The number of hydrogen-bond acceptors (Lipinski definition) is 9. The molecule has 1 heterocycles. The highest BCUT2D eigenvalue weighted by atomic mass is 16.6. The van der Waals surface area contributed by atoms with Gasteiger partial charge in [0, 0.05) is 19.2 Å². The average Bonchev–Trinajstić information content (AvgIpc) is 3.73. The number of aliphatic hydroxyl groups is 1. The Bertz CT molecular complexity index is 1140. The van der Waals surface area contributed by atoms with Gasteiger partial charge in [-0.3, -0.25) is 19.6 Å². The highest BCUT2D eigenvalue weighted by Crippen LogP contribution is 2.39. The van der Waals surface area contributed by atoms with Gasteiger partial charge in [-0.05, 0) is 36.3 Å². The minimum absolute atomic E-state index is 0.0445. The summed E-state index contributed by atoms with van der Waals surface area (Å²) in [4.78, 5) is 49.9. The van der Waals surface area contributed by atoms with Crippen LogP contribution in [0.25, 0.3) is 0 Å². The number of nitrogens with one attached hydrogen (secondary N) is 2. The quantitative estimate of drug-likeness (QED) is 0.224. The maximum absolute atomic E-state index is 12.8. The van der Waals surface area contributed by atoms with Crippen LogP contribution in [-0.2, 0) is 11.3 Å². The maximum Gasteiger partial charge on any atom is 0.410 e. The molecule has 12 nitrogen and oxygen atoms in total. The van der Waals surface area contributed by atoms with E-state index < -0.39 is 53.3 Å². The molecule has 12 heteroatoms. The first-order chi connectivity index (χ1) is 17.3. The van der Waals surface area contributed by atoms with E-state index in [2.05, 4.69) is 5.32 Å². The summed E-state index contributed by atoms with van der Waals surface area (Å²) in [5, 5.41) is 30.6. The average molecular weight is 504 g/mol. The molecule has 1 saturated carbocycles. The number of amides is 3. The van der Waals surface area contributed by atoms with Crippen LogP contribution < -0.4 is 16.2 Å². The highest BCUT2D eigenvalue weighted by Gasteiger charge is 2.27. The zero-order chi connectivity index (χ0) is 26.2. The van der Waals surface area contributed by atoms with Crippen LogP contribution in [0.5, 0.6) is 5.75 Å². The van der Waals surface area contributed by atoms with Crippen molar-refractivity contribution >= 4 is 17.9 Å². The molecule has 36 heavy (non-hydrogen) atoms. The number of aliphatic hydroxyl groups excluding tert-OH is 1. The Morgan fingerprint density at radius 3 is 2.47 bits per heavy atom. The van der Waals surface area contributed by atoms with Crippen molar-refractivity contribution in [3.8, 4) is 5.75 Å². The van der Waals surface area contributed by atoms with Crippen LogP contribution in [0.1, 0.15) is 64.3 Å². The number of hydroxylamine groups is 1. The molecule has 0 spiro atoms. The van der Waals surface area contributed by atoms with Gasteiger partial charge in [0.25, 0.3) is 5.91 Å². The Hall–Kier alpha value is -3.90. The second-order valence-corrected chi connectivity index (χ2v) is 8.40. The molecule has 5 N–H and O–H groups in total. The second kappa shape index (κ2) is 12.2. The summed E-state index contributed by atoms with van der Waals surface area (Å²) < 4.78 is 10.4. The minimum atomic E-state index is -1.33. The van der Waals surface area contributed by atoms with Gasteiger partial charge in [-0.2, -0.15) is 0 Å². The van der Waals surface area contributed by atoms with Crippen LogP contribution >= 0.6 is 0 Å². The fourth-order valence-electron chi connectivity index (χ4n) is 3.57. The van der Waals surface area contributed by atoms with E-state index in [1.54, 1.807) is 0 Å². The summed E-state index contributed by atoms with van der Waals surface area (Å²) >= 11 is 0. The molecule has 0 aliphatic heterocycles. The van der Waals surface area contributed by atoms with Crippen molar-refractivity contribution in [2.45, 2.75) is 44.8 Å². The number of benzene rings is 1. The van der Waals surface area contributed by atoms with Crippen LogP contribution in [0.4, 0.5) is 4.79 Å². The summed E-state index contributed by atoms with van der Waals surface area (Å²) in [5.41, 5.74) is 2.21. The van der Waals surface area contributed by atoms with Crippen molar-refractivity contribution in [2.24, 2.45) is 0 Å². The van der Waals surface area contributed by atoms with Crippen LogP contribution in [0.2, 0.25) is 0 Å². The van der Waals surface area contributed by atoms with Crippen molar-refractivity contribution in [3.05, 3.63) is 63.2 Å². The Morgan fingerprint density at radius 1 is 1.19 bits per heavy atom. The molecule has 3 amide bonds. The van der Waals surface area contributed by atoms with Crippen LogP contribution in [-0.4, -0.2) is 64.0 Å². The molecule has 1 aliphatic carbocycles. The Labute approximate surface area is 206 Å². The number of carbonyl (C=O) groups excluding carboxylic acids is 3. The topological polar surface area (TPSA) is 179 Å². The Kier molecular flexibility index (Phi) is 9.03. The lowest BCUT2D eigenvalue weighted by atomic mass is 10.1. The predicted octanol–water partition coefficient (Wildman–Crippen LogP) is 1.48. The smallest absolute Gasteiger partial charge is 0.410 e. The summed E-state index contributed by atoms with van der Waals surface area (Å²) in [6, 6.07) is 7.67. The van der Waals surface area contributed by atoms with Crippen molar-refractivity contribution in [1.82, 2.24) is 15.7 Å². The molecule has 1 aromatic carbocycles. The molecule has 0 saturated heterocycles. The lowest BCUT2D eigenvalue weighted by Crippen LogP contribution is -2.49. The number of rotatable bonds is 11. The molecule has 0 unspecified atom stereocenters. The van der Waals surface area contributed by atoms with E-state index in [9.17, 15) is 29.4 Å². The zero-order valence-corrected chi connectivity index (χ0v) is 19.7. The second-order valence-electron chi connectivity index (χ2n) is 8.40. The minimum Gasteiger partial charge on any atom is -0.501 e. The van der Waals surface area contributed by atoms with E-state index in [4.69, 9.17) is 14.4 Å². The van der Waals surface area contributed by atoms with Crippen LogP contribution in [0.3, 0.4) is 0 Å². The molecule has 1 atom stereocenters. The Morgan fingerprint density at radius 2 is 1.89 bits per heavy atom. The van der Waals surface area contributed by atoms with Gasteiger partial charge < -0.3 is 29.6 Å². The lowest BCUT2D eigenvalue weighted by Gasteiger charge is -2.29. The largest absolute Gasteiger partial charge is 0.501 e. The standard InChI is InChI=1S/C24H29N3O9/c1-2-9-27(24(33)35-13-14-3-5-15(6-4-14)16-7-8-16)17(12-28)11-25-22(31)19-10-18(29)20(30)21(36-19)23(32)26-34/h3-6,10,16-17,28,30,34H,2,7-9,11-13H2,1H3,(H,25,31)(H,26,32)/t17-/m0/s1. The number of ether oxygens (including phenoxy) is 1. The monoisotopic (exact) mass is 503 g/mol. The van der Waals surface area contributed by atoms with Crippen molar-refractivity contribution in [2.75, 3.05) is 19.7 Å². The van der Waals surface area contributed by atoms with Gasteiger partial charge in [-0.1, -0.05) is 31.2 Å². The van der Waals surface area contributed by atoms with Gasteiger partial charge in [0.1, 0.15) is 6.61 Å². The third-order valence-electron chi connectivity index (χ3n) is 5.69. The molecule has 194 valence electrons. The predicted molar refractivity (Wildman–Crippen MR) is 125 cm³/mol. The van der Waals surface area contributed by atoms with Crippen molar-refractivity contribution < 1.29 is 39.0 Å². The summed E-state index contributed by atoms with van der Waals surface area (Å²) in [5.74, 6) is -4.30. The number of aromatic hydroxyl groups is 1. The number of carbonyl (C=O) groups is 3. The third kappa shape index (κ3) is 6.61. The van der Waals surface area contributed by atoms with E-state index in [1.807, 2.05) is 31.2 Å². The number of nitrogens with zero attached hydrogens (tertiary/aromatic N) is 1. The SMILES string of the molecule is CCCN(C(=O)OCc1ccc(C2CC2)cc1)[C@H](CO)CNC(=O)c1cc(=O)c(O)c(C(=O)NO)o1. The first-order valence-electron chi connectivity index (χ1n) is 11.5. The molecular weight excluding hydrogens is 474 g/mol. The van der Waals surface area contributed by atoms with Gasteiger partial charge in [0.2, 0.25) is 16.9 Å². The Balaban J connectivity index is 1.62. The van der Waals surface area contributed by atoms with Crippen LogP contribution in [0.15, 0.2) is 39.5 Å². The summed E-state index contributed by atoms with van der Waals surface area (Å²) in [6.45, 7) is 1.40. The van der Waals surface area contributed by atoms with Gasteiger partial charge in [-0.15, -0.1) is 0 Å². The zero-order valence-electron chi connectivity index (χ0n) is 19.7. The number of hydrogen-bond donors (Lipinski definition) is 5. The maximum atomic E-state index is 12.8. The van der Waals surface area contributed by atoms with E-state index in [-0.39, 0.29) is 19.7 Å². The molecule has 2 aromatic rings. The lowest BCUT2D eigenvalue weighted by molar-refractivity contribution is 0.0612. The fourth-order valence-corrected chi connectivity index (χ4v) is 3.57. The summed E-state index contributed by atoms with van der Waals surface area (Å²) in [6.07, 6.45) is 2.27. The van der Waals surface area contributed by atoms with Crippen molar-refractivity contribution in [1.29, 1.82) is 0 Å². The van der Waals surface area contributed by atoms with Gasteiger partial charge in [-0.25, -0.2) is 10.3 Å². The molecule has 0 radical (unpaired) electrons. The highest BCUT2D eigenvalue weighted by molar-refractivity contribution is 5.95. The van der Waals surface area contributed by atoms with E-state index >= 15 is 0 Å². The molecule has 1 fully saturated rings. The molecule has 0 bridgehead atoms. The van der Waals surface area contributed by atoms with E-state index in [1.165, 1.54) is 28.8 Å². The molecule has 1 aliphatic rings. The van der Waals surface area contributed by atoms with Gasteiger partial charge in [0.15, 0.2) is 5.76 Å². The van der Waals surface area contributed by atoms with E-state index in [0.29, 0.717) is 18.4 Å². The van der Waals surface area contributed by atoms with Gasteiger partial charge >= 0.3 is 12.0 Å². The molecule has 3 rings (SSSR count). The van der Waals surface area contributed by atoms with Crippen molar-refractivity contribution in [3.63, 3.8) is 0 Å². The van der Waals surface area contributed by atoms with E-state index in [0.717, 1.165) is 5.56 Å². The molecule has 1 aromatic heterocycles. The molecular formula is C24H29N3O9. The summed E-state index contributed by atoms with van der Waals surface area (Å²) in [7, 11) is 0. The first kappa shape index (κ1) is 26.7. The van der Waals surface area contributed by atoms with Gasteiger partial charge in [0.05, 0.1) is 12.6 Å². The first-order valence-corrected chi connectivity index (χ1v) is 11.5.